The molecule has 1 spiro atoms. The molecule has 38 heavy (non-hydrogen) atoms. The van der Waals surface area contributed by atoms with Gasteiger partial charge in [-0.05, 0) is 51.7 Å². The van der Waals surface area contributed by atoms with Crippen LogP contribution in [-0.2, 0) is 24.2 Å². The molecule has 10 nitrogen and oxygen atoms in total. The Morgan fingerprint density at radius 2 is 1.97 bits per heavy atom. The zero-order valence-electron chi connectivity index (χ0n) is 22.2. The standard InChI is InChI=1S/C28H35N9O/c1-3-36-16-19(13-32-36)20-6-7-23-21(33-20)5-4-10-37(23)27-25-22(14-31-27)34-24(15-30-25)35-11-8-28(9-12-35)17-38-18(2)26(28)29/h6-7,13,15-16,18,26H,3-5,8-12,14,17,29H2,1-2H3/t18-,26+/m0/s1. The van der Waals surface area contributed by atoms with Crippen molar-refractivity contribution in [2.75, 3.05) is 36.0 Å². The van der Waals surface area contributed by atoms with E-state index in [9.17, 15) is 0 Å². The normalized spacial score (nSPS) is 24.0. The fraction of sp³-hybridized carbons (Fsp3) is 0.536. The molecule has 4 aliphatic rings. The molecule has 2 fully saturated rings. The minimum atomic E-state index is 0.0996. The predicted octanol–water partition coefficient (Wildman–Crippen LogP) is 2.80. The molecule has 3 aromatic rings. The Kier molecular flexibility index (Phi) is 5.70. The van der Waals surface area contributed by atoms with Gasteiger partial charge in [-0.25, -0.2) is 9.97 Å². The number of piperidine rings is 1. The van der Waals surface area contributed by atoms with Crippen LogP contribution in [-0.4, -0.2) is 69.0 Å². The number of hydrogen-bond donors (Lipinski definition) is 1. The lowest BCUT2D eigenvalue weighted by Gasteiger charge is -2.41. The maximum Gasteiger partial charge on any atom is 0.156 e. The second-order valence-electron chi connectivity index (χ2n) is 11.1. The van der Waals surface area contributed by atoms with Crippen molar-refractivity contribution in [2.45, 2.75) is 64.8 Å². The van der Waals surface area contributed by atoms with E-state index in [1.54, 1.807) is 0 Å². The molecular formula is C28H35N9O. The largest absolute Gasteiger partial charge is 0.376 e. The Morgan fingerprint density at radius 1 is 1.11 bits per heavy atom. The van der Waals surface area contributed by atoms with Gasteiger partial charge in [0.15, 0.2) is 5.84 Å². The number of hydrogen-bond acceptors (Lipinski definition) is 9. The van der Waals surface area contributed by atoms with Crippen LogP contribution in [0.3, 0.4) is 0 Å². The lowest BCUT2D eigenvalue weighted by atomic mass is 9.73. The van der Waals surface area contributed by atoms with Crippen LogP contribution >= 0.6 is 0 Å². The number of nitrogens with two attached hydrogens (primary N) is 1. The molecule has 0 aromatic carbocycles. The van der Waals surface area contributed by atoms with Gasteiger partial charge in [0.1, 0.15) is 11.5 Å². The van der Waals surface area contributed by atoms with Crippen molar-refractivity contribution in [1.29, 1.82) is 0 Å². The third-order valence-corrected chi connectivity index (χ3v) is 8.90. The van der Waals surface area contributed by atoms with Gasteiger partial charge in [-0.2, -0.15) is 5.10 Å². The summed E-state index contributed by atoms with van der Waals surface area (Å²) in [7, 11) is 0. The van der Waals surface area contributed by atoms with Gasteiger partial charge in [0.25, 0.3) is 0 Å². The Balaban J connectivity index is 1.09. The van der Waals surface area contributed by atoms with Crippen molar-refractivity contribution in [3.63, 3.8) is 0 Å². The number of fused-ring (bicyclic) bond motifs is 2. The van der Waals surface area contributed by atoms with Gasteiger partial charge >= 0.3 is 0 Å². The fourth-order valence-electron chi connectivity index (χ4n) is 6.46. The molecule has 0 bridgehead atoms. The van der Waals surface area contributed by atoms with Crippen LogP contribution in [0.5, 0.6) is 0 Å². The van der Waals surface area contributed by atoms with Crippen molar-refractivity contribution in [3.8, 4) is 11.3 Å². The summed E-state index contributed by atoms with van der Waals surface area (Å²) >= 11 is 0. The molecular weight excluding hydrogens is 478 g/mol. The first kappa shape index (κ1) is 23.7. The third-order valence-electron chi connectivity index (χ3n) is 8.90. The number of nitrogens with zero attached hydrogens (tertiary/aromatic N) is 8. The monoisotopic (exact) mass is 513 g/mol. The van der Waals surface area contributed by atoms with E-state index in [-0.39, 0.29) is 17.6 Å². The molecule has 198 valence electrons. The Bertz CT molecular complexity index is 1390. The van der Waals surface area contributed by atoms with Crippen LogP contribution in [0.4, 0.5) is 11.5 Å². The van der Waals surface area contributed by atoms with Gasteiger partial charge in [0.05, 0.1) is 54.4 Å². The van der Waals surface area contributed by atoms with E-state index in [0.717, 1.165) is 104 Å². The molecule has 2 saturated heterocycles. The van der Waals surface area contributed by atoms with Gasteiger partial charge in [0, 0.05) is 49.4 Å². The highest BCUT2D eigenvalue weighted by Gasteiger charge is 2.47. The minimum absolute atomic E-state index is 0.0996. The summed E-state index contributed by atoms with van der Waals surface area (Å²) in [6.45, 7) is 9.11. The summed E-state index contributed by atoms with van der Waals surface area (Å²) in [6.07, 6.45) is 10.0. The molecule has 0 aliphatic carbocycles. The number of aryl methyl sites for hydroxylation is 2. The van der Waals surface area contributed by atoms with Crippen LogP contribution in [0.15, 0.2) is 35.7 Å². The number of aliphatic imine (C=N–C) groups is 1. The smallest absolute Gasteiger partial charge is 0.156 e. The zero-order valence-corrected chi connectivity index (χ0v) is 22.2. The first-order valence-corrected chi connectivity index (χ1v) is 13.9. The lowest BCUT2D eigenvalue weighted by Crippen LogP contribution is -2.50. The number of ether oxygens (including phenoxy) is 1. The second kappa shape index (κ2) is 9.13. The summed E-state index contributed by atoms with van der Waals surface area (Å²) in [5.74, 6) is 1.85. The number of pyridine rings is 1. The number of rotatable bonds is 3. The van der Waals surface area contributed by atoms with Gasteiger partial charge in [-0.1, -0.05) is 0 Å². The summed E-state index contributed by atoms with van der Waals surface area (Å²) < 4.78 is 7.82. The van der Waals surface area contributed by atoms with E-state index in [1.807, 2.05) is 17.1 Å². The summed E-state index contributed by atoms with van der Waals surface area (Å²) in [6, 6.07) is 4.37. The third kappa shape index (κ3) is 3.80. The summed E-state index contributed by atoms with van der Waals surface area (Å²) in [5, 5.41) is 4.41. The Labute approximate surface area is 222 Å². The van der Waals surface area contributed by atoms with Gasteiger partial charge in [-0.3, -0.25) is 14.7 Å². The van der Waals surface area contributed by atoms with E-state index < -0.39 is 0 Å². The predicted molar refractivity (Wildman–Crippen MR) is 146 cm³/mol. The van der Waals surface area contributed by atoms with E-state index in [2.05, 4.69) is 47.1 Å². The average Bonchev–Trinajstić information content (AvgIpc) is 3.68. The molecule has 0 saturated carbocycles. The van der Waals surface area contributed by atoms with Crippen molar-refractivity contribution in [1.82, 2.24) is 24.7 Å². The second-order valence-corrected chi connectivity index (χ2v) is 11.1. The van der Waals surface area contributed by atoms with Crippen molar-refractivity contribution >= 4 is 17.3 Å². The van der Waals surface area contributed by atoms with E-state index in [0.29, 0.717) is 6.54 Å². The SMILES string of the molecule is CCn1cc(-c2ccc3c(n2)CCCN3C2=NCc3nc(N4CCC5(CC4)CO[C@@H](C)[C@H]5N)cnc32)cn1. The molecule has 0 unspecified atom stereocenters. The number of aromatic nitrogens is 5. The zero-order chi connectivity index (χ0) is 25.9. The van der Waals surface area contributed by atoms with E-state index in [1.165, 1.54) is 0 Å². The molecule has 2 N–H and O–H groups in total. The van der Waals surface area contributed by atoms with Gasteiger partial charge in [-0.15, -0.1) is 0 Å². The Hall–Kier alpha value is -3.37. The fourth-order valence-corrected chi connectivity index (χ4v) is 6.46. The molecule has 7 rings (SSSR count). The van der Waals surface area contributed by atoms with Gasteiger partial charge in [0.2, 0.25) is 0 Å². The highest BCUT2D eigenvalue weighted by atomic mass is 16.5. The van der Waals surface area contributed by atoms with Crippen molar-refractivity contribution in [3.05, 3.63) is 47.8 Å². The maximum absolute atomic E-state index is 6.51. The van der Waals surface area contributed by atoms with Crippen molar-refractivity contribution < 1.29 is 4.74 Å². The lowest BCUT2D eigenvalue weighted by molar-refractivity contribution is 0.0974. The van der Waals surface area contributed by atoms with Crippen LogP contribution in [0.25, 0.3) is 11.3 Å². The quantitative estimate of drug-likeness (QED) is 0.569. The first-order valence-electron chi connectivity index (χ1n) is 13.9. The summed E-state index contributed by atoms with van der Waals surface area (Å²) in [5.41, 5.74) is 12.7. The first-order chi connectivity index (χ1) is 18.5. The van der Waals surface area contributed by atoms with E-state index in [4.69, 9.17) is 30.4 Å². The number of anilines is 2. The van der Waals surface area contributed by atoms with Crippen LogP contribution in [0.1, 0.15) is 50.2 Å². The van der Waals surface area contributed by atoms with E-state index >= 15 is 0 Å². The van der Waals surface area contributed by atoms with Crippen LogP contribution in [0, 0.1) is 5.41 Å². The molecule has 0 amide bonds. The molecule has 3 aromatic heterocycles. The average molecular weight is 514 g/mol. The highest BCUT2D eigenvalue weighted by molar-refractivity contribution is 6.11. The molecule has 4 aliphatic heterocycles. The van der Waals surface area contributed by atoms with Crippen molar-refractivity contribution in [2.24, 2.45) is 16.1 Å². The van der Waals surface area contributed by atoms with Gasteiger partial charge < -0.3 is 20.3 Å². The molecule has 10 heteroatoms. The van der Waals surface area contributed by atoms with Crippen LogP contribution < -0.4 is 15.5 Å². The minimum Gasteiger partial charge on any atom is -0.376 e. The molecule has 0 radical (unpaired) electrons. The maximum atomic E-state index is 6.51. The highest BCUT2D eigenvalue weighted by Crippen LogP contribution is 2.42. The number of amidine groups is 1. The molecule has 7 heterocycles. The topological polar surface area (TPSA) is 111 Å². The Morgan fingerprint density at radius 3 is 2.74 bits per heavy atom. The van der Waals surface area contributed by atoms with Crippen LogP contribution in [0.2, 0.25) is 0 Å². The summed E-state index contributed by atoms with van der Waals surface area (Å²) in [4.78, 5) is 24.5. The molecule has 2 atom stereocenters.